The topological polar surface area (TPSA) is 18.5 Å². The van der Waals surface area contributed by atoms with Crippen molar-refractivity contribution in [1.29, 1.82) is 0 Å². The highest BCUT2D eigenvalue weighted by atomic mass is 15.3. The molecular weight excluding hydrogens is 186 g/mol. The molecule has 1 rings (SSSR count). The Bertz CT molecular complexity index is 209. The fourth-order valence-electron chi connectivity index (χ4n) is 1.91. The van der Waals surface area contributed by atoms with Crippen LogP contribution in [0.15, 0.2) is 0 Å². The normalized spacial score (nSPS) is 23.9. The molecule has 0 aliphatic carbocycles. The van der Waals surface area contributed by atoms with Crippen LogP contribution >= 0.6 is 0 Å². The third kappa shape index (κ3) is 4.65. The Morgan fingerprint density at radius 1 is 1.40 bits per heavy atom. The summed E-state index contributed by atoms with van der Waals surface area (Å²) in [5, 5.41) is 3.48. The van der Waals surface area contributed by atoms with Crippen LogP contribution in [0.1, 0.15) is 12.8 Å². The molecule has 1 heterocycles. The van der Waals surface area contributed by atoms with E-state index in [9.17, 15) is 0 Å². The van der Waals surface area contributed by atoms with Crippen molar-refractivity contribution in [2.45, 2.75) is 18.9 Å². The average Bonchev–Trinajstić information content (AvgIpc) is 2.23. The Hall–Kier alpha value is -0.560. The molecule has 3 heteroatoms. The van der Waals surface area contributed by atoms with Gasteiger partial charge in [-0.05, 0) is 27.1 Å². The summed E-state index contributed by atoms with van der Waals surface area (Å²) >= 11 is 0. The molecule has 1 saturated heterocycles. The largest absolute Gasteiger partial charge is 0.315 e. The molecule has 15 heavy (non-hydrogen) atoms. The van der Waals surface area contributed by atoms with Gasteiger partial charge in [0, 0.05) is 38.6 Å². The van der Waals surface area contributed by atoms with Gasteiger partial charge in [0.05, 0.1) is 0 Å². The summed E-state index contributed by atoms with van der Waals surface area (Å²) in [6.07, 6.45) is 7.17. The fraction of sp³-hybridized carbons (Fsp3) is 0.833. The Morgan fingerprint density at radius 3 is 2.93 bits per heavy atom. The lowest BCUT2D eigenvalue weighted by molar-refractivity contribution is 0.113. The van der Waals surface area contributed by atoms with Crippen molar-refractivity contribution in [3.8, 4) is 12.3 Å². The lowest BCUT2D eigenvalue weighted by Gasteiger charge is -2.37. The smallest absolute Gasteiger partial charge is 0.0345 e. The number of terminal acetylenes is 1. The maximum atomic E-state index is 5.20. The Labute approximate surface area is 93.8 Å². The van der Waals surface area contributed by atoms with Crippen molar-refractivity contribution >= 4 is 0 Å². The van der Waals surface area contributed by atoms with E-state index in [0.29, 0.717) is 6.04 Å². The minimum absolute atomic E-state index is 0.648. The molecule has 1 unspecified atom stereocenters. The maximum Gasteiger partial charge on any atom is 0.0345 e. The quantitative estimate of drug-likeness (QED) is 0.517. The number of nitrogens with one attached hydrogen (secondary N) is 1. The van der Waals surface area contributed by atoms with Crippen molar-refractivity contribution < 1.29 is 0 Å². The van der Waals surface area contributed by atoms with Crippen LogP contribution in [0.3, 0.4) is 0 Å². The number of unbranched alkanes of at least 4 members (excludes halogenated alkanes) is 1. The van der Waals surface area contributed by atoms with E-state index in [0.717, 1.165) is 25.9 Å². The van der Waals surface area contributed by atoms with E-state index >= 15 is 0 Å². The number of hydrogen-bond acceptors (Lipinski definition) is 3. The van der Waals surface area contributed by atoms with E-state index in [1.165, 1.54) is 19.6 Å². The monoisotopic (exact) mass is 209 g/mol. The zero-order valence-corrected chi connectivity index (χ0v) is 10.00. The number of piperazine rings is 1. The van der Waals surface area contributed by atoms with E-state index in [-0.39, 0.29) is 0 Å². The van der Waals surface area contributed by atoms with Gasteiger partial charge < -0.3 is 10.2 Å². The average molecular weight is 209 g/mol. The van der Waals surface area contributed by atoms with Gasteiger partial charge in [-0.2, -0.15) is 0 Å². The molecule has 1 aliphatic heterocycles. The first-order valence-electron chi connectivity index (χ1n) is 5.77. The second-order valence-electron chi connectivity index (χ2n) is 4.41. The van der Waals surface area contributed by atoms with Gasteiger partial charge in [0.1, 0.15) is 0 Å². The Balaban J connectivity index is 2.11. The lowest BCUT2D eigenvalue weighted by atomic mass is 10.2. The molecule has 0 radical (unpaired) electrons. The molecular formula is C12H23N3. The predicted molar refractivity (Wildman–Crippen MR) is 64.9 cm³/mol. The Morgan fingerprint density at radius 2 is 2.20 bits per heavy atom. The van der Waals surface area contributed by atoms with Crippen molar-refractivity contribution in [3.05, 3.63) is 0 Å². The summed E-state index contributed by atoms with van der Waals surface area (Å²) in [5.41, 5.74) is 0. The molecule has 0 spiro atoms. The van der Waals surface area contributed by atoms with Gasteiger partial charge in [-0.3, -0.25) is 4.90 Å². The molecule has 0 bridgehead atoms. The van der Waals surface area contributed by atoms with Crippen LogP contribution in [0.4, 0.5) is 0 Å². The highest BCUT2D eigenvalue weighted by molar-refractivity contribution is 4.84. The summed E-state index contributed by atoms with van der Waals surface area (Å²) in [7, 11) is 4.40. The van der Waals surface area contributed by atoms with Crippen molar-refractivity contribution in [1.82, 2.24) is 15.1 Å². The van der Waals surface area contributed by atoms with Crippen molar-refractivity contribution in [3.63, 3.8) is 0 Å². The highest BCUT2D eigenvalue weighted by Gasteiger charge is 2.21. The van der Waals surface area contributed by atoms with Crippen LogP contribution in [-0.2, 0) is 0 Å². The number of likely N-dealkylation sites (N-methyl/N-ethyl adjacent to an activating group) is 2. The molecule has 3 nitrogen and oxygen atoms in total. The van der Waals surface area contributed by atoms with Crippen molar-refractivity contribution in [2.75, 3.05) is 46.8 Å². The SMILES string of the molecule is C#CCCCNCC1CN(C)CCN1C. The zero-order chi connectivity index (χ0) is 11.1. The van der Waals surface area contributed by atoms with Crippen LogP contribution in [0.2, 0.25) is 0 Å². The van der Waals surface area contributed by atoms with E-state index in [2.05, 4.69) is 35.1 Å². The molecule has 86 valence electrons. The zero-order valence-electron chi connectivity index (χ0n) is 10.00. The van der Waals surface area contributed by atoms with Gasteiger partial charge in [0.15, 0.2) is 0 Å². The van der Waals surface area contributed by atoms with Gasteiger partial charge >= 0.3 is 0 Å². The van der Waals surface area contributed by atoms with Crippen LogP contribution in [0.5, 0.6) is 0 Å². The minimum atomic E-state index is 0.648. The highest BCUT2D eigenvalue weighted by Crippen LogP contribution is 2.04. The fourth-order valence-corrected chi connectivity index (χ4v) is 1.91. The third-order valence-electron chi connectivity index (χ3n) is 3.03. The third-order valence-corrected chi connectivity index (χ3v) is 3.03. The second kappa shape index (κ2) is 6.84. The van der Waals surface area contributed by atoms with Crippen LogP contribution in [0.25, 0.3) is 0 Å². The van der Waals surface area contributed by atoms with Crippen molar-refractivity contribution in [2.24, 2.45) is 0 Å². The summed E-state index contributed by atoms with van der Waals surface area (Å²) < 4.78 is 0. The molecule has 1 N–H and O–H groups in total. The number of rotatable bonds is 5. The van der Waals surface area contributed by atoms with Gasteiger partial charge in [0.2, 0.25) is 0 Å². The van der Waals surface area contributed by atoms with E-state index in [1.807, 2.05) is 0 Å². The summed E-state index contributed by atoms with van der Waals surface area (Å²) in [6.45, 7) is 5.64. The molecule has 1 aliphatic rings. The van der Waals surface area contributed by atoms with Gasteiger partial charge in [-0.15, -0.1) is 12.3 Å². The molecule has 0 aromatic carbocycles. The standard InChI is InChI=1S/C12H23N3/c1-4-5-6-7-13-10-12-11-14(2)8-9-15(12)3/h1,12-13H,5-11H2,2-3H3. The van der Waals surface area contributed by atoms with Crippen LogP contribution in [-0.4, -0.2) is 62.7 Å². The predicted octanol–water partition coefficient (Wildman–Crippen LogP) is 0.235. The molecule has 0 saturated carbocycles. The van der Waals surface area contributed by atoms with E-state index in [4.69, 9.17) is 6.42 Å². The number of nitrogens with zero attached hydrogens (tertiary/aromatic N) is 2. The van der Waals surface area contributed by atoms with Crippen LogP contribution < -0.4 is 5.32 Å². The van der Waals surface area contributed by atoms with Crippen LogP contribution in [0, 0.1) is 12.3 Å². The summed E-state index contributed by atoms with van der Waals surface area (Å²) in [6, 6.07) is 0.648. The van der Waals surface area contributed by atoms with Gasteiger partial charge in [0.25, 0.3) is 0 Å². The van der Waals surface area contributed by atoms with E-state index in [1.54, 1.807) is 0 Å². The summed E-state index contributed by atoms with van der Waals surface area (Å²) in [5.74, 6) is 2.66. The first kappa shape index (κ1) is 12.5. The number of hydrogen-bond donors (Lipinski definition) is 1. The molecule has 0 aromatic heterocycles. The first-order chi connectivity index (χ1) is 7.24. The summed E-state index contributed by atoms with van der Waals surface area (Å²) in [4.78, 5) is 4.84. The molecule has 0 amide bonds. The molecule has 0 aromatic rings. The lowest BCUT2D eigenvalue weighted by Crippen LogP contribution is -2.53. The van der Waals surface area contributed by atoms with E-state index < -0.39 is 0 Å². The minimum Gasteiger partial charge on any atom is -0.315 e. The maximum absolute atomic E-state index is 5.20. The van der Waals surface area contributed by atoms with Gasteiger partial charge in [-0.25, -0.2) is 0 Å². The molecule has 1 fully saturated rings. The molecule has 1 atom stereocenters. The first-order valence-corrected chi connectivity index (χ1v) is 5.77. The Kier molecular flexibility index (Phi) is 5.70. The van der Waals surface area contributed by atoms with Gasteiger partial charge in [-0.1, -0.05) is 0 Å². The second-order valence-corrected chi connectivity index (χ2v) is 4.41.